The SMILES string of the molecule is Cc1cc(S(=O)(=O)Nc2ccccc2C(=O)N2CCc3ccccc32)ccc1F. The van der Waals surface area contributed by atoms with Crippen molar-refractivity contribution in [3.05, 3.63) is 89.2 Å². The van der Waals surface area contributed by atoms with Crippen molar-refractivity contribution in [2.75, 3.05) is 16.2 Å². The molecular formula is C22H19FN2O3S. The fourth-order valence-electron chi connectivity index (χ4n) is 3.44. The van der Waals surface area contributed by atoms with Crippen LogP contribution in [0.2, 0.25) is 0 Å². The van der Waals surface area contributed by atoms with Gasteiger partial charge in [-0.2, -0.15) is 0 Å². The number of sulfonamides is 1. The number of nitrogens with zero attached hydrogens (tertiary/aromatic N) is 1. The van der Waals surface area contributed by atoms with Crippen molar-refractivity contribution in [2.45, 2.75) is 18.2 Å². The van der Waals surface area contributed by atoms with Gasteiger partial charge in [-0.25, -0.2) is 12.8 Å². The second-order valence-corrected chi connectivity index (χ2v) is 8.58. The Morgan fingerprint density at radius 1 is 1.03 bits per heavy atom. The quantitative estimate of drug-likeness (QED) is 0.703. The molecule has 29 heavy (non-hydrogen) atoms. The third kappa shape index (κ3) is 3.61. The van der Waals surface area contributed by atoms with Crippen LogP contribution in [0.5, 0.6) is 0 Å². The highest BCUT2D eigenvalue weighted by molar-refractivity contribution is 7.92. The number of aryl methyl sites for hydroxylation is 1. The molecule has 5 nitrogen and oxygen atoms in total. The van der Waals surface area contributed by atoms with E-state index in [9.17, 15) is 17.6 Å². The molecule has 0 saturated carbocycles. The molecule has 1 aliphatic heterocycles. The van der Waals surface area contributed by atoms with Gasteiger partial charge in [0.25, 0.3) is 15.9 Å². The van der Waals surface area contributed by atoms with Crippen molar-refractivity contribution in [2.24, 2.45) is 0 Å². The Morgan fingerprint density at radius 3 is 2.55 bits per heavy atom. The Morgan fingerprint density at radius 2 is 1.76 bits per heavy atom. The van der Waals surface area contributed by atoms with E-state index in [1.54, 1.807) is 29.2 Å². The molecule has 0 radical (unpaired) electrons. The van der Waals surface area contributed by atoms with E-state index in [-0.39, 0.29) is 27.6 Å². The lowest BCUT2D eigenvalue weighted by Gasteiger charge is -2.20. The molecule has 1 aliphatic rings. The highest BCUT2D eigenvalue weighted by atomic mass is 32.2. The number of benzene rings is 3. The highest BCUT2D eigenvalue weighted by Gasteiger charge is 2.27. The number of halogens is 1. The van der Waals surface area contributed by atoms with Crippen molar-refractivity contribution in [1.82, 2.24) is 0 Å². The number of nitrogens with one attached hydrogen (secondary N) is 1. The zero-order valence-electron chi connectivity index (χ0n) is 15.7. The molecule has 0 bridgehead atoms. The first-order valence-electron chi connectivity index (χ1n) is 9.14. The highest BCUT2D eigenvalue weighted by Crippen LogP contribution is 2.31. The summed E-state index contributed by atoms with van der Waals surface area (Å²) in [5.41, 5.74) is 2.59. The van der Waals surface area contributed by atoms with Crippen LogP contribution in [0.15, 0.2) is 71.6 Å². The van der Waals surface area contributed by atoms with Crippen LogP contribution in [0, 0.1) is 12.7 Å². The van der Waals surface area contributed by atoms with E-state index in [1.165, 1.54) is 19.1 Å². The maximum Gasteiger partial charge on any atom is 0.261 e. The van der Waals surface area contributed by atoms with Gasteiger partial charge in [-0.1, -0.05) is 30.3 Å². The fraction of sp³-hybridized carbons (Fsp3) is 0.136. The van der Waals surface area contributed by atoms with E-state index >= 15 is 0 Å². The van der Waals surface area contributed by atoms with Gasteiger partial charge in [-0.15, -0.1) is 0 Å². The van der Waals surface area contributed by atoms with E-state index in [1.807, 2.05) is 24.3 Å². The van der Waals surface area contributed by atoms with Crippen LogP contribution in [0.3, 0.4) is 0 Å². The lowest BCUT2D eigenvalue weighted by Crippen LogP contribution is -2.30. The van der Waals surface area contributed by atoms with Gasteiger partial charge in [0.05, 0.1) is 16.1 Å². The van der Waals surface area contributed by atoms with E-state index in [0.717, 1.165) is 23.7 Å². The fourth-order valence-corrected chi connectivity index (χ4v) is 4.61. The van der Waals surface area contributed by atoms with Gasteiger partial charge in [-0.3, -0.25) is 9.52 Å². The van der Waals surface area contributed by atoms with Gasteiger partial charge in [0.2, 0.25) is 0 Å². The predicted octanol–water partition coefficient (Wildman–Crippen LogP) is 4.14. The summed E-state index contributed by atoms with van der Waals surface area (Å²) in [6.45, 7) is 2.03. The number of anilines is 2. The smallest absolute Gasteiger partial charge is 0.261 e. The van der Waals surface area contributed by atoms with Gasteiger partial charge in [-0.05, 0) is 60.9 Å². The molecule has 0 fully saturated rings. The topological polar surface area (TPSA) is 66.5 Å². The van der Waals surface area contributed by atoms with Crippen molar-refractivity contribution in [1.29, 1.82) is 0 Å². The van der Waals surface area contributed by atoms with Gasteiger partial charge in [0, 0.05) is 12.2 Å². The van der Waals surface area contributed by atoms with Crippen molar-refractivity contribution in [3.8, 4) is 0 Å². The summed E-state index contributed by atoms with van der Waals surface area (Å²) >= 11 is 0. The molecule has 0 spiro atoms. The Hall–Kier alpha value is -3.19. The zero-order chi connectivity index (χ0) is 20.6. The molecular weight excluding hydrogens is 391 g/mol. The minimum Gasteiger partial charge on any atom is -0.308 e. The van der Waals surface area contributed by atoms with Crippen molar-refractivity contribution in [3.63, 3.8) is 0 Å². The molecule has 0 unspecified atom stereocenters. The average Bonchev–Trinajstić information content (AvgIpc) is 3.14. The summed E-state index contributed by atoms with van der Waals surface area (Å²) in [5.74, 6) is -0.754. The Balaban J connectivity index is 1.67. The molecule has 4 rings (SSSR count). The lowest BCUT2D eigenvalue weighted by atomic mass is 10.1. The molecule has 148 valence electrons. The Labute approximate surface area is 168 Å². The number of hydrogen-bond donors (Lipinski definition) is 1. The van der Waals surface area contributed by atoms with Crippen LogP contribution in [0.25, 0.3) is 0 Å². The minimum atomic E-state index is -3.98. The summed E-state index contributed by atoms with van der Waals surface area (Å²) < 4.78 is 41.6. The minimum absolute atomic E-state index is 0.0647. The summed E-state index contributed by atoms with van der Waals surface area (Å²) in [4.78, 5) is 14.8. The van der Waals surface area contributed by atoms with Gasteiger partial charge in [0.15, 0.2) is 0 Å². The van der Waals surface area contributed by atoms with Crippen LogP contribution in [-0.4, -0.2) is 20.9 Å². The Kier molecular flexibility index (Phi) is 4.84. The number of fused-ring (bicyclic) bond motifs is 1. The summed E-state index contributed by atoms with van der Waals surface area (Å²) in [6, 6.07) is 17.7. The largest absolute Gasteiger partial charge is 0.308 e. The van der Waals surface area contributed by atoms with E-state index in [2.05, 4.69) is 4.72 Å². The number of rotatable bonds is 4. The summed E-state index contributed by atoms with van der Waals surface area (Å²) in [7, 11) is -3.98. The molecule has 1 heterocycles. The molecule has 1 amide bonds. The Bertz CT molecular complexity index is 1210. The maximum absolute atomic E-state index is 13.5. The number of para-hydroxylation sites is 2. The summed E-state index contributed by atoms with van der Waals surface area (Å²) in [5, 5.41) is 0. The molecule has 0 saturated heterocycles. The van der Waals surface area contributed by atoms with E-state index in [0.29, 0.717) is 6.54 Å². The second-order valence-electron chi connectivity index (χ2n) is 6.90. The molecule has 0 atom stereocenters. The van der Waals surface area contributed by atoms with Crippen LogP contribution < -0.4 is 9.62 Å². The number of amides is 1. The molecule has 0 aliphatic carbocycles. The predicted molar refractivity (Wildman–Crippen MR) is 110 cm³/mol. The summed E-state index contributed by atoms with van der Waals surface area (Å²) in [6.07, 6.45) is 0.755. The van der Waals surface area contributed by atoms with E-state index < -0.39 is 15.8 Å². The molecule has 0 aromatic heterocycles. The first kappa shape index (κ1) is 19.1. The van der Waals surface area contributed by atoms with Crippen molar-refractivity contribution >= 4 is 27.3 Å². The van der Waals surface area contributed by atoms with Crippen LogP contribution in [-0.2, 0) is 16.4 Å². The molecule has 3 aromatic rings. The maximum atomic E-state index is 13.5. The van der Waals surface area contributed by atoms with Crippen LogP contribution >= 0.6 is 0 Å². The first-order chi connectivity index (χ1) is 13.9. The third-order valence-electron chi connectivity index (χ3n) is 4.97. The number of carbonyl (C=O) groups is 1. The van der Waals surface area contributed by atoms with Gasteiger partial charge in [0.1, 0.15) is 5.82 Å². The zero-order valence-corrected chi connectivity index (χ0v) is 16.5. The third-order valence-corrected chi connectivity index (χ3v) is 6.34. The van der Waals surface area contributed by atoms with Gasteiger partial charge < -0.3 is 4.90 Å². The average molecular weight is 410 g/mol. The van der Waals surface area contributed by atoms with Gasteiger partial charge >= 0.3 is 0 Å². The molecule has 7 heteroatoms. The monoisotopic (exact) mass is 410 g/mol. The standard InChI is InChI=1S/C22H19FN2O3S/c1-15-14-17(10-11-19(15)23)29(27,28)24-20-8-4-3-7-18(20)22(26)25-13-12-16-6-2-5-9-21(16)25/h2-11,14,24H,12-13H2,1H3. The van der Waals surface area contributed by atoms with Crippen molar-refractivity contribution < 1.29 is 17.6 Å². The van der Waals surface area contributed by atoms with Crippen LogP contribution in [0.1, 0.15) is 21.5 Å². The van der Waals surface area contributed by atoms with Crippen LogP contribution in [0.4, 0.5) is 15.8 Å². The molecule has 1 N–H and O–H groups in total. The van der Waals surface area contributed by atoms with E-state index in [4.69, 9.17) is 0 Å². The first-order valence-corrected chi connectivity index (χ1v) is 10.6. The second kappa shape index (κ2) is 7.33. The normalized spacial score (nSPS) is 13.2. The number of carbonyl (C=O) groups excluding carboxylic acids is 1. The molecule has 3 aromatic carbocycles. The lowest BCUT2D eigenvalue weighted by molar-refractivity contribution is 0.0990. The number of hydrogen-bond acceptors (Lipinski definition) is 3.